The number of benzene rings is 1. The Morgan fingerprint density at radius 2 is 2.00 bits per heavy atom. The molecule has 1 saturated heterocycles. The van der Waals surface area contributed by atoms with Crippen LogP contribution in [0, 0.1) is 6.92 Å². The van der Waals surface area contributed by atoms with Crippen molar-refractivity contribution < 1.29 is 14.3 Å². The van der Waals surface area contributed by atoms with Gasteiger partial charge in [0.25, 0.3) is 5.91 Å². The van der Waals surface area contributed by atoms with Crippen LogP contribution in [0.15, 0.2) is 66.9 Å². The predicted molar refractivity (Wildman–Crippen MR) is 109 cm³/mol. The summed E-state index contributed by atoms with van der Waals surface area (Å²) in [6, 6.07) is 19.2. The van der Waals surface area contributed by atoms with Crippen LogP contribution in [0.4, 0.5) is 0 Å². The van der Waals surface area contributed by atoms with Crippen LogP contribution >= 0.6 is 11.3 Å². The number of hydrogen-bond acceptors (Lipinski definition) is 5. The molecule has 3 heterocycles. The van der Waals surface area contributed by atoms with E-state index in [1.165, 1.54) is 11.3 Å². The highest BCUT2D eigenvalue weighted by Crippen LogP contribution is 2.32. The van der Waals surface area contributed by atoms with Gasteiger partial charge in [-0.1, -0.05) is 36.4 Å². The van der Waals surface area contributed by atoms with Crippen molar-refractivity contribution >= 4 is 17.2 Å². The monoisotopic (exact) mass is 394 g/mol. The van der Waals surface area contributed by atoms with E-state index in [1.807, 2.05) is 72.5 Å². The number of carbonyl (C=O) groups excluding carboxylic acids is 1. The molecule has 0 aliphatic carbocycles. The summed E-state index contributed by atoms with van der Waals surface area (Å²) in [5.74, 6) is 0.591. The van der Waals surface area contributed by atoms with E-state index in [2.05, 4.69) is 4.98 Å². The largest absolute Gasteiger partial charge is 0.475 e. The summed E-state index contributed by atoms with van der Waals surface area (Å²) < 4.78 is 11.9. The van der Waals surface area contributed by atoms with E-state index in [4.69, 9.17) is 9.47 Å². The standard InChI is InChI=1S/C22H22N2O3S/c1-16-10-11-19(28-16)22(25)24-13-14-26-18(15-27-20-9-5-6-12-23-20)21(24)17-7-3-2-4-8-17/h2-12,18,21H,13-15H2,1H3/t18-,21-/m0/s1. The Hall–Kier alpha value is -2.70. The molecule has 0 unspecified atom stereocenters. The summed E-state index contributed by atoms with van der Waals surface area (Å²) in [5, 5.41) is 0. The Bertz CT molecular complexity index is 914. The van der Waals surface area contributed by atoms with Crippen molar-refractivity contribution in [2.45, 2.75) is 19.1 Å². The molecule has 0 saturated carbocycles. The zero-order valence-electron chi connectivity index (χ0n) is 15.7. The Labute approximate surface area is 168 Å². The Morgan fingerprint density at radius 1 is 1.18 bits per heavy atom. The molecule has 0 radical (unpaired) electrons. The SMILES string of the molecule is Cc1ccc(C(=O)N2CCO[C@@H](COc3ccccn3)[C@@H]2c2ccccc2)s1. The van der Waals surface area contributed by atoms with E-state index in [-0.39, 0.29) is 18.1 Å². The third-order valence-corrected chi connectivity index (χ3v) is 5.73. The first-order valence-corrected chi connectivity index (χ1v) is 10.1. The van der Waals surface area contributed by atoms with Crippen LogP contribution in [0.3, 0.4) is 0 Å². The van der Waals surface area contributed by atoms with Gasteiger partial charge in [0.2, 0.25) is 5.88 Å². The fourth-order valence-electron chi connectivity index (χ4n) is 3.44. The fourth-order valence-corrected chi connectivity index (χ4v) is 4.26. The van der Waals surface area contributed by atoms with E-state index in [9.17, 15) is 4.79 Å². The van der Waals surface area contributed by atoms with Gasteiger partial charge in [-0.3, -0.25) is 4.79 Å². The van der Waals surface area contributed by atoms with Gasteiger partial charge in [0.15, 0.2) is 0 Å². The van der Waals surface area contributed by atoms with Gasteiger partial charge in [-0.2, -0.15) is 0 Å². The normalized spacial score (nSPS) is 19.4. The van der Waals surface area contributed by atoms with Crippen LogP contribution in [-0.4, -0.2) is 41.7 Å². The van der Waals surface area contributed by atoms with Gasteiger partial charge in [-0.15, -0.1) is 11.3 Å². The number of aromatic nitrogens is 1. The fraction of sp³-hybridized carbons (Fsp3) is 0.273. The van der Waals surface area contributed by atoms with Crippen LogP contribution in [0.1, 0.15) is 26.2 Å². The van der Waals surface area contributed by atoms with Crippen LogP contribution in [0.2, 0.25) is 0 Å². The van der Waals surface area contributed by atoms with Gasteiger partial charge in [-0.25, -0.2) is 4.98 Å². The lowest BCUT2D eigenvalue weighted by Crippen LogP contribution is -2.50. The number of ether oxygens (including phenoxy) is 2. The topological polar surface area (TPSA) is 51.7 Å². The highest BCUT2D eigenvalue weighted by atomic mass is 32.1. The molecule has 1 aliphatic rings. The number of morpholine rings is 1. The molecule has 1 fully saturated rings. The molecule has 2 aromatic heterocycles. The molecule has 0 N–H and O–H groups in total. The number of hydrogen-bond donors (Lipinski definition) is 0. The van der Waals surface area contributed by atoms with E-state index < -0.39 is 0 Å². The minimum absolute atomic E-state index is 0.0399. The number of carbonyl (C=O) groups is 1. The van der Waals surface area contributed by atoms with Gasteiger partial charge >= 0.3 is 0 Å². The number of amides is 1. The zero-order chi connectivity index (χ0) is 19.3. The van der Waals surface area contributed by atoms with Crippen molar-refractivity contribution in [3.05, 3.63) is 82.2 Å². The average Bonchev–Trinajstić information content (AvgIpc) is 3.19. The molecule has 6 heteroatoms. The molecular weight excluding hydrogens is 372 g/mol. The van der Waals surface area contributed by atoms with E-state index in [0.29, 0.717) is 25.6 Å². The summed E-state index contributed by atoms with van der Waals surface area (Å²) in [7, 11) is 0. The second-order valence-electron chi connectivity index (χ2n) is 6.65. The zero-order valence-corrected chi connectivity index (χ0v) is 16.5. The molecule has 5 nitrogen and oxygen atoms in total. The van der Waals surface area contributed by atoms with Crippen molar-refractivity contribution in [3.63, 3.8) is 0 Å². The number of rotatable bonds is 5. The summed E-state index contributed by atoms with van der Waals surface area (Å²) in [6.45, 7) is 3.37. The predicted octanol–water partition coefficient (Wildman–Crippen LogP) is 4.11. The molecule has 1 aliphatic heterocycles. The minimum Gasteiger partial charge on any atom is -0.475 e. The second kappa shape index (κ2) is 8.54. The summed E-state index contributed by atoms with van der Waals surface area (Å²) in [4.78, 5) is 21.2. The summed E-state index contributed by atoms with van der Waals surface area (Å²) in [5.41, 5.74) is 1.04. The highest BCUT2D eigenvalue weighted by Gasteiger charge is 2.37. The Kier molecular flexibility index (Phi) is 5.69. The minimum atomic E-state index is -0.275. The van der Waals surface area contributed by atoms with Crippen LogP contribution in [-0.2, 0) is 4.74 Å². The molecule has 1 aromatic carbocycles. The van der Waals surface area contributed by atoms with Gasteiger partial charge in [0.05, 0.1) is 17.5 Å². The van der Waals surface area contributed by atoms with Crippen molar-refractivity contribution in [3.8, 4) is 5.88 Å². The van der Waals surface area contributed by atoms with Crippen molar-refractivity contribution in [2.24, 2.45) is 0 Å². The maximum atomic E-state index is 13.2. The molecule has 144 valence electrons. The molecule has 0 bridgehead atoms. The molecular formula is C22H22N2O3S. The van der Waals surface area contributed by atoms with Crippen LogP contribution < -0.4 is 4.74 Å². The smallest absolute Gasteiger partial charge is 0.264 e. The maximum absolute atomic E-state index is 13.2. The molecule has 4 rings (SSSR count). The van der Waals surface area contributed by atoms with Gasteiger partial charge in [0, 0.05) is 23.7 Å². The Balaban J connectivity index is 1.60. The van der Waals surface area contributed by atoms with E-state index in [1.54, 1.807) is 6.20 Å². The quantitative estimate of drug-likeness (QED) is 0.653. The first-order chi connectivity index (χ1) is 13.7. The molecule has 2 atom stereocenters. The lowest BCUT2D eigenvalue weighted by molar-refractivity contribution is -0.0773. The lowest BCUT2D eigenvalue weighted by atomic mass is 9.98. The van der Waals surface area contributed by atoms with Crippen molar-refractivity contribution in [1.82, 2.24) is 9.88 Å². The second-order valence-corrected chi connectivity index (χ2v) is 7.94. The maximum Gasteiger partial charge on any atom is 0.264 e. The molecule has 3 aromatic rings. The lowest BCUT2D eigenvalue weighted by Gasteiger charge is -2.41. The van der Waals surface area contributed by atoms with Crippen molar-refractivity contribution in [2.75, 3.05) is 19.8 Å². The number of aryl methyl sites for hydroxylation is 1. The molecule has 28 heavy (non-hydrogen) atoms. The van der Waals surface area contributed by atoms with Gasteiger partial charge in [-0.05, 0) is 30.7 Å². The third-order valence-electron chi connectivity index (χ3n) is 4.74. The summed E-state index contributed by atoms with van der Waals surface area (Å²) >= 11 is 1.52. The van der Waals surface area contributed by atoms with E-state index >= 15 is 0 Å². The number of nitrogens with zero attached hydrogens (tertiary/aromatic N) is 2. The average molecular weight is 394 g/mol. The van der Waals surface area contributed by atoms with Gasteiger partial charge < -0.3 is 14.4 Å². The van der Waals surface area contributed by atoms with Crippen molar-refractivity contribution in [1.29, 1.82) is 0 Å². The van der Waals surface area contributed by atoms with Crippen LogP contribution in [0.5, 0.6) is 5.88 Å². The number of pyridine rings is 1. The molecule has 1 amide bonds. The highest BCUT2D eigenvalue weighted by molar-refractivity contribution is 7.13. The van der Waals surface area contributed by atoms with Crippen LogP contribution in [0.25, 0.3) is 0 Å². The molecule has 0 spiro atoms. The van der Waals surface area contributed by atoms with Gasteiger partial charge in [0.1, 0.15) is 12.7 Å². The third kappa shape index (κ3) is 4.08. The first kappa shape index (κ1) is 18.7. The van der Waals surface area contributed by atoms with E-state index in [0.717, 1.165) is 15.3 Å². The first-order valence-electron chi connectivity index (χ1n) is 9.30. The number of thiophene rings is 1. The Morgan fingerprint density at radius 3 is 2.71 bits per heavy atom. The summed E-state index contributed by atoms with van der Waals surface area (Å²) in [6.07, 6.45) is 1.42.